The zero-order chi connectivity index (χ0) is 13.5. The van der Waals surface area contributed by atoms with Crippen molar-refractivity contribution in [1.82, 2.24) is 20.3 Å². The summed E-state index contributed by atoms with van der Waals surface area (Å²) in [5, 5.41) is 11.2. The van der Waals surface area contributed by atoms with E-state index >= 15 is 0 Å². The number of rotatable bonds is 3. The highest BCUT2D eigenvalue weighted by Gasteiger charge is 2.36. The SMILES string of the molecule is CC(C)c1cc(-c2nc(C3(N)CCCC3)no2)n[nH]1.Cl. The minimum Gasteiger partial charge on any atom is -0.332 e. The van der Waals surface area contributed by atoms with Gasteiger partial charge in [-0.25, -0.2) is 0 Å². The summed E-state index contributed by atoms with van der Waals surface area (Å²) in [7, 11) is 0. The van der Waals surface area contributed by atoms with E-state index in [1.165, 1.54) is 0 Å². The average Bonchev–Trinajstić information content (AvgIpc) is 3.08. The summed E-state index contributed by atoms with van der Waals surface area (Å²) in [6.45, 7) is 4.20. The Labute approximate surface area is 123 Å². The quantitative estimate of drug-likeness (QED) is 0.908. The summed E-state index contributed by atoms with van der Waals surface area (Å²) in [5.74, 6) is 1.43. The molecule has 0 atom stereocenters. The van der Waals surface area contributed by atoms with Crippen molar-refractivity contribution in [1.29, 1.82) is 0 Å². The van der Waals surface area contributed by atoms with Gasteiger partial charge in [0.2, 0.25) is 0 Å². The number of nitrogens with one attached hydrogen (secondary N) is 1. The highest BCUT2D eigenvalue weighted by Crippen LogP contribution is 2.35. The average molecular weight is 298 g/mol. The highest BCUT2D eigenvalue weighted by molar-refractivity contribution is 5.85. The molecule has 0 amide bonds. The Kier molecular flexibility index (Phi) is 4.15. The summed E-state index contributed by atoms with van der Waals surface area (Å²) in [6, 6.07) is 1.94. The molecule has 0 aromatic carbocycles. The van der Waals surface area contributed by atoms with Crippen LogP contribution in [0.3, 0.4) is 0 Å². The van der Waals surface area contributed by atoms with Crippen LogP contribution in [-0.4, -0.2) is 20.3 Å². The number of hydrogen-bond donors (Lipinski definition) is 2. The van der Waals surface area contributed by atoms with E-state index in [0.717, 1.165) is 31.4 Å². The molecule has 1 aliphatic carbocycles. The first kappa shape index (κ1) is 15.0. The maximum atomic E-state index is 6.31. The lowest BCUT2D eigenvalue weighted by molar-refractivity contribution is 0.372. The molecule has 6 nitrogen and oxygen atoms in total. The highest BCUT2D eigenvalue weighted by atomic mass is 35.5. The molecule has 2 aromatic rings. The van der Waals surface area contributed by atoms with Crippen LogP contribution in [0.2, 0.25) is 0 Å². The van der Waals surface area contributed by atoms with Gasteiger partial charge in [-0.3, -0.25) is 5.10 Å². The van der Waals surface area contributed by atoms with Crippen molar-refractivity contribution in [3.05, 3.63) is 17.6 Å². The molecule has 0 aliphatic heterocycles. The third-order valence-corrected chi connectivity index (χ3v) is 3.81. The van der Waals surface area contributed by atoms with E-state index < -0.39 is 5.54 Å². The smallest absolute Gasteiger partial charge is 0.278 e. The Hall–Kier alpha value is -1.40. The van der Waals surface area contributed by atoms with Gasteiger partial charge in [-0.05, 0) is 24.8 Å². The predicted molar refractivity (Wildman–Crippen MR) is 77.6 cm³/mol. The monoisotopic (exact) mass is 297 g/mol. The normalized spacial score (nSPS) is 17.4. The third-order valence-electron chi connectivity index (χ3n) is 3.81. The molecule has 1 aliphatic rings. The first-order valence-corrected chi connectivity index (χ1v) is 6.77. The van der Waals surface area contributed by atoms with E-state index in [-0.39, 0.29) is 12.4 Å². The maximum Gasteiger partial charge on any atom is 0.278 e. The molecular weight excluding hydrogens is 278 g/mol. The standard InChI is InChI=1S/C13H19N5O.ClH/c1-8(2)9-7-10(17-16-9)11-15-12(18-19-11)13(14)5-3-4-6-13;/h7-8H,3-6,14H2,1-2H3,(H,16,17);1H. The Bertz CT molecular complexity index is 571. The second kappa shape index (κ2) is 5.54. The van der Waals surface area contributed by atoms with Crippen LogP contribution in [0, 0.1) is 0 Å². The molecule has 0 spiro atoms. The minimum absolute atomic E-state index is 0. The molecule has 110 valence electrons. The molecule has 7 heteroatoms. The zero-order valence-corrected chi connectivity index (χ0v) is 12.5. The number of aromatic nitrogens is 4. The second-order valence-corrected chi connectivity index (χ2v) is 5.65. The lowest BCUT2D eigenvalue weighted by Gasteiger charge is -2.17. The van der Waals surface area contributed by atoms with Crippen molar-refractivity contribution in [2.75, 3.05) is 0 Å². The number of hydrogen-bond acceptors (Lipinski definition) is 5. The fraction of sp³-hybridized carbons (Fsp3) is 0.615. The molecule has 3 rings (SSSR count). The van der Waals surface area contributed by atoms with Crippen molar-refractivity contribution < 1.29 is 4.52 Å². The molecule has 0 saturated heterocycles. The minimum atomic E-state index is -0.418. The first-order valence-electron chi connectivity index (χ1n) is 6.77. The fourth-order valence-electron chi connectivity index (χ4n) is 2.50. The van der Waals surface area contributed by atoms with E-state index in [2.05, 4.69) is 34.2 Å². The number of nitrogens with zero attached hydrogens (tertiary/aromatic N) is 3. The van der Waals surface area contributed by atoms with Crippen molar-refractivity contribution in [3.63, 3.8) is 0 Å². The fourth-order valence-corrected chi connectivity index (χ4v) is 2.50. The maximum absolute atomic E-state index is 6.31. The van der Waals surface area contributed by atoms with Crippen LogP contribution in [0.5, 0.6) is 0 Å². The molecule has 0 bridgehead atoms. The molecule has 0 unspecified atom stereocenters. The molecule has 2 aromatic heterocycles. The van der Waals surface area contributed by atoms with E-state index in [1.54, 1.807) is 0 Å². The van der Waals surface area contributed by atoms with Crippen LogP contribution in [0.15, 0.2) is 10.6 Å². The van der Waals surface area contributed by atoms with Gasteiger partial charge in [-0.15, -0.1) is 12.4 Å². The summed E-state index contributed by atoms with van der Waals surface area (Å²) >= 11 is 0. The molecule has 1 saturated carbocycles. The third kappa shape index (κ3) is 2.58. The van der Waals surface area contributed by atoms with Gasteiger partial charge in [-0.2, -0.15) is 10.1 Å². The van der Waals surface area contributed by atoms with Crippen molar-refractivity contribution >= 4 is 12.4 Å². The Balaban J connectivity index is 0.00000147. The van der Waals surface area contributed by atoms with Crippen molar-refractivity contribution in [2.45, 2.75) is 51.0 Å². The Morgan fingerprint density at radius 1 is 1.35 bits per heavy atom. The molecule has 3 N–H and O–H groups in total. The van der Waals surface area contributed by atoms with Crippen LogP contribution in [-0.2, 0) is 5.54 Å². The molecule has 1 fully saturated rings. The topological polar surface area (TPSA) is 93.6 Å². The van der Waals surface area contributed by atoms with Gasteiger partial charge in [0.05, 0.1) is 5.54 Å². The molecule has 0 radical (unpaired) electrons. The Morgan fingerprint density at radius 2 is 2.05 bits per heavy atom. The lowest BCUT2D eigenvalue weighted by Crippen LogP contribution is -2.34. The van der Waals surface area contributed by atoms with Crippen LogP contribution >= 0.6 is 12.4 Å². The molecule has 20 heavy (non-hydrogen) atoms. The largest absolute Gasteiger partial charge is 0.332 e. The number of halogens is 1. The summed E-state index contributed by atoms with van der Waals surface area (Å²) in [5.41, 5.74) is 7.63. The number of aromatic amines is 1. The van der Waals surface area contributed by atoms with Gasteiger partial charge in [-0.1, -0.05) is 31.8 Å². The first-order chi connectivity index (χ1) is 9.08. The summed E-state index contributed by atoms with van der Waals surface area (Å²) in [6.07, 6.45) is 4.09. The van der Waals surface area contributed by atoms with Gasteiger partial charge >= 0.3 is 0 Å². The number of H-pyrrole nitrogens is 1. The summed E-state index contributed by atoms with van der Waals surface area (Å²) in [4.78, 5) is 4.42. The lowest BCUT2D eigenvalue weighted by atomic mass is 9.99. The van der Waals surface area contributed by atoms with Crippen LogP contribution in [0.1, 0.15) is 57.0 Å². The molecular formula is C13H20ClN5O. The van der Waals surface area contributed by atoms with E-state index in [4.69, 9.17) is 10.3 Å². The van der Waals surface area contributed by atoms with Crippen LogP contribution in [0.4, 0.5) is 0 Å². The van der Waals surface area contributed by atoms with E-state index in [1.807, 2.05) is 6.07 Å². The van der Waals surface area contributed by atoms with Gasteiger partial charge in [0, 0.05) is 5.69 Å². The second-order valence-electron chi connectivity index (χ2n) is 5.65. The van der Waals surface area contributed by atoms with Gasteiger partial charge in [0.25, 0.3) is 5.89 Å². The van der Waals surface area contributed by atoms with Gasteiger partial charge < -0.3 is 10.3 Å². The van der Waals surface area contributed by atoms with E-state index in [0.29, 0.717) is 23.3 Å². The molecule has 2 heterocycles. The number of nitrogens with two attached hydrogens (primary N) is 1. The Morgan fingerprint density at radius 3 is 2.65 bits per heavy atom. The summed E-state index contributed by atoms with van der Waals surface area (Å²) < 4.78 is 5.30. The van der Waals surface area contributed by atoms with Gasteiger partial charge in [0.15, 0.2) is 11.5 Å². The van der Waals surface area contributed by atoms with Crippen molar-refractivity contribution in [2.24, 2.45) is 5.73 Å². The van der Waals surface area contributed by atoms with Crippen LogP contribution < -0.4 is 5.73 Å². The zero-order valence-electron chi connectivity index (χ0n) is 11.7. The van der Waals surface area contributed by atoms with E-state index in [9.17, 15) is 0 Å². The van der Waals surface area contributed by atoms with Crippen molar-refractivity contribution in [3.8, 4) is 11.6 Å². The predicted octanol–water partition coefficient (Wildman–Crippen LogP) is 2.73. The van der Waals surface area contributed by atoms with Gasteiger partial charge in [0.1, 0.15) is 0 Å². The van der Waals surface area contributed by atoms with Crippen LogP contribution in [0.25, 0.3) is 11.6 Å².